The van der Waals surface area contributed by atoms with E-state index in [1.807, 2.05) is 19.2 Å². The van der Waals surface area contributed by atoms with E-state index < -0.39 is 0 Å². The molecule has 1 unspecified atom stereocenters. The average Bonchev–Trinajstić information content (AvgIpc) is 2.33. The van der Waals surface area contributed by atoms with E-state index in [0.717, 1.165) is 5.02 Å². The summed E-state index contributed by atoms with van der Waals surface area (Å²) in [6.07, 6.45) is 0. The third kappa shape index (κ3) is 2.74. The number of benzene rings is 2. The van der Waals surface area contributed by atoms with E-state index in [2.05, 4.69) is 49.5 Å². The van der Waals surface area contributed by atoms with E-state index in [9.17, 15) is 0 Å². The fourth-order valence-corrected chi connectivity index (χ4v) is 2.54. The SMILES string of the molecule is CNC(c1cccc(C)c1)c1ccc(Cl)cc1C. The molecule has 0 aliphatic carbocycles. The Hall–Kier alpha value is -1.31. The highest BCUT2D eigenvalue weighted by Gasteiger charge is 2.14. The van der Waals surface area contributed by atoms with Crippen LogP contribution in [-0.4, -0.2) is 7.05 Å². The molecule has 2 heteroatoms. The monoisotopic (exact) mass is 259 g/mol. The van der Waals surface area contributed by atoms with E-state index >= 15 is 0 Å². The van der Waals surface area contributed by atoms with Crippen LogP contribution in [0.1, 0.15) is 28.3 Å². The predicted octanol–water partition coefficient (Wildman–Crippen LogP) is 4.27. The predicted molar refractivity (Wildman–Crippen MR) is 78.3 cm³/mol. The van der Waals surface area contributed by atoms with Crippen molar-refractivity contribution in [3.63, 3.8) is 0 Å². The number of halogens is 1. The minimum atomic E-state index is 0.210. The number of hydrogen-bond acceptors (Lipinski definition) is 1. The van der Waals surface area contributed by atoms with Crippen molar-refractivity contribution in [3.8, 4) is 0 Å². The zero-order valence-electron chi connectivity index (χ0n) is 11.0. The summed E-state index contributed by atoms with van der Waals surface area (Å²) in [6.45, 7) is 4.21. The molecule has 0 aromatic heterocycles. The number of nitrogens with one attached hydrogen (secondary N) is 1. The lowest BCUT2D eigenvalue weighted by atomic mass is 9.94. The minimum absolute atomic E-state index is 0.210. The summed E-state index contributed by atoms with van der Waals surface area (Å²) in [5.74, 6) is 0. The van der Waals surface area contributed by atoms with Crippen LogP contribution in [0.4, 0.5) is 0 Å². The molecule has 0 saturated heterocycles. The van der Waals surface area contributed by atoms with Crippen LogP contribution in [0.25, 0.3) is 0 Å². The van der Waals surface area contributed by atoms with Crippen molar-refractivity contribution in [2.24, 2.45) is 0 Å². The molecule has 1 N–H and O–H groups in total. The van der Waals surface area contributed by atoms with Gasteiger partial charge in [0.2, 0.25) is 0 Å². The van der Waals surface area contributed by atoms with Gasteiger partial charge >= 0.3 is 0 Å². The first-order valence-corrected chi connectivity index (χ1v) is 6.49. The number of aryl methyl sites for hydroxylation is 2. The molecule has 1 atom stereocenters. The van der Waals surface area contributed by atoms with Crippen molar-refractivity contribution in [2.75, 3.05) is 7.05 Å². The second-order valence-electron chi connectivity index (χ2n) is 4.64. The molecule has 2 aromatic rings. The van der Waals surface area contributed by atoms with Gasteiger partial charge in [0.1, 0.15) is 0 Å². The van der Waals surface area contributed by atoms with Crippen molar-refractivity contribution >= 4 is 11.6 Å². The van der Waals surface area contributed by atoms with Gasteiger partial charge in [0.15, 0.2) is 0 Å². The first kappa shape index (κ1) is 13.1. The molecule has 0 radical (unpaired) electrons. The number of hydrogen-bond donors (Lipinski definition) is 1. The van der Waals surface area contributed by atoms with Crippen molar-refractivity contribution in [1.29, 1.82) is 0 Å². The normalized spacial score (nSPS) is 12.4. The van der Waals surface area contributed by atoms with Gasteiger partial charge in [0.25, 0.3) is 0 Å². The van der Waals surface area contributed by atoms with E-state index in [1.165, 1.54) is 22.3 Å². The first-order chi connectivity index (χ1) is 8.61. The Morgan fingerprint density at radius 1 is 1.06 bits per heavy atom. The lowest BCUT2D eigenvalue weighted by Gasteiger charge is -2.20. The van der Waals surface area contributed by atoms with Gasteiger partial charge < -0.3 is 5.32 Å². The summed E-state index contributed by atoms with van der Waals surface area (Å²) < 4.78 is 0. The topological polar surface area (TPSA) is 12.0 Å². The highest BCUT2D eigenvalue weighted by molar-refractivity contribution is 6.30. The molecule has 0 spiro atoms. The average molecular weight is 260 g/mol. The lowest BCUT2D eigenvalue weighted by Crippen LogP contribution is -2.18. The van der Waals surface area contributed by atoms with Crippen LogP contribution in [-0.2, 0) is 0 Å². The molecule has 0 amide bonds. The van der Waals surface area contributed by atoms with Crippen LogP contribution in [0, 0.1) is 13.8 Å². The van der Waals surface area contributed by atoms with Gasteiger partial charge in [-0.05, 0) is 49.7 Å². The van der Waals surface area contributed by atoms with E-state index in [4.69, 9.17) is 11.6 Å². The Kier molecular flexibility index (Phi) is 4.05. The van der Waals surface area contributed by atoms with Crippen molar-refractivity contribution < 1.29 is 0 Å². The zero-order valence-corrected chi connectivity index (χ0v) is 11.8. The molecule has 0 fully saturated rings. The van der Waals surface area contributed by atoms with Gasteiger partial charge in [-0.25, -0.2) is 0 Å². The lowest BCUT2D eigenvalue weighted by molar-refractivity contribution is 0.687. The molecule has 1 nitrogen and oxygen atoms in total. The van der Waals surface area contributed by atoms with Gasteiger partial charge in [-0.2, -0.15) is 0 Å². The van der Waals surface area contributed by atoms with Crippen LogP contribution in [0.2, 0.25) is 5.02 Å². The summed E-state index contributed by atoms with van der Waals surface area (Å²) >= 11 is 6.02. The summed E-state index contributed by atoms with van der Waals surface area (Å²) in [4.78, 5) is 0. The van der Waals surface area contributed by atoms with Gasteiger partial charge in [0.05, 0.1) is 6.04 Å². The van der Waals surface area contributed by atoms with E-state index in [0.29, 0.717) is 0 Å². The van der Waals surface area contributed by atoms with Crippen LogP contribution in [0.15, 0.2) is 42.5 Å². The summed E-state index contributed by atoms with van der Waals surface area (Å²) in [5.41, 5.74) is 5.04. The molecule has 2 rings (SSSR count). The molecule has 0 saturated carbocycles. The summed E-state index contributed by atoms with van der Waals surface area (Å²) in [7, 11) is 1.99. The van der Waals surface area contributed by atoms with E-state index in [-0.39, 0.29) is 6.04 Å². The van der Waals surface area contributed by atoms with E-state index in [1.54, 1.807) is 0 Å². The highest BCUT2D eigenvalue weighted by Crippen LogP contribution is 2.27. The Bertz CT molecular complexity index is 549. The first-order valence-electron chi connectivity index (χ1n) is 6.11. The Labute approximate surface area is 114 Å². The Balaban J connectivity index is 2.45. The fraction of sp³-hybridized carbons (Fsp3) is 0.250. The fourth-order valence-electron chi connectivity index (χ4n) is 2.31. The minimum Gasteiger partial charge on any atom is -0.309 e. The van der Waals surface area contributed by atoms with Gasteiger partial charge in [-0.3, -0.25) is 0 Å². The molecule has 0 aliphatic rings. The maximum Gasteiger partial charge on any atom is 0.0577 e. The van der Waals surface area contributed by atoms with Gasteiger partial charge in [-0.1, -0.05) is 47.5 Å². The molecule has 18 heavy (non-hydrogen) atoms. The molecular weight excluding hydrogens is 242 g/mol. The van der Waals surface area contributed by atoms with Gasteiger partial charge in [0, 0.05) is 5.02 Å². The molecule has 0 heterocycles. The van der Waals surface area contributed by atoms with Crippen LogP contribution >= 0.6 is 11.6 Å². The summed E-state index contributed by atoms with van der Waals surface area (Å²) in [5, 5.41) is 4.17. The highest BCUT2D eigenvalue weighted by atomic mass is 35.5. The Morgan fingerprint density at radius 2 is 1.83 bits per heavy atom. The van der Waals surface area contributed by atoms with Crippen molar-refractivity contribution in [1.82, 2.24) is 5.32 Å². The van der Waals surface area contributed by atoms with Crippen molar-refractivity contribution in [3.05, 3.63) is 69.7 Å². The molecule has 94 valence electrons. The zero-order chi connectivity index (χ0) is 13.1. The maximum absolute atomic E-state index is 6.02. The van der Waals surface area contributed by atoms with Crippen LogP contribution in [0.5, 0.6) is 0 Å². The molecule has 0 bridgehead atoms. The largest absolute Gasteiger partial charge is 0.309 e. The van der Waals surface area contributed by atoms with Gasteiger partial charge in [-0.15, -0.1) is 0 Å². The molecular formula is C16H18ClN. The van der Waals surface area contributed by atoms with Crippen LogP contribution in [0.3, 0.4) is 0 Å². The third-order valence-corrected chi connectivity index (χ3v) is 3.44. The quantitative estimate of drug-likeness (QED) is 0.868. The van der Waals surface area contributed by atoms with Crippen LogP contribution < -0.4 is 5.32 Å². The smallest absolute Gasteiger partial charge is 0.0577 e. The van der Waals surface area contributed by atoms with Crippen molar-refractivity contribution in [2.45, 2.75) is 19.9 Å². The standard InChI is InChI=1S/C16H18ClN/c1-11-5-4-6-13(9-11)16(18-3)15-8-7-14(17)10-12(15)2/h4-10,16,18H,1-3H3. The second kappa shape index (κ2) is 5.55. The maximum atomic E-state index is 6.02. The number of rotatable bonds is 3. The molecule has 2 aromatic carbocycles. The molecule has 0 aliphatic heterocycles. The Morgan fingerprint density at radius 3 is 2.44 bits per heavy atom. The second-order valence-corrected chi connectivity index (χ2v) is 5.07. The summed E-state index contributed by atoms with van der Waals surface area (Å²) in [6, 6.07) is 14.9. The third-order valence-electron chi connectivity index (χ3n) is 3.21.